The fourth-order valence-corrected chi connectivity index (χ4v) is 7.37. The lowest BCUT2D eigenvalue weighted by molar-refractivity contribution is 0.196. The topological polar surface area (TPSA) is 54.4 Å². The van der Waals surface area contributed by atoms with Crippen molar-refractivity contribution in [3.63, 3.8) is 0 Å². The normalized spacial score (nSPS) is 25.8. The van der Waals surface area contributed by atoms with Crippen LogP contribution in [0.3, 0.4) is 0 Å². The van der Waals surface area contributed by atoms with Crippen LogP contribution in [0.15, 0.2) is 54.6 Å². The number of aliphatic hydroxyl groups is 1. The Hall–Kier alpha value is -1.56. The quantitative estimate of drug-likeness (QED) is 0.716. The van der Waals surface area contributed by atoms with E-state index in [-0.39, 0.29) is 0 Å². The first-order chi connectivity index (χ1) is 11.7. The highest BCUT2D eigenvalue weighted by Crippen LogP contribution is 2.37. The summed E-state index contributed by atoms with van der Waals surface area (Å²) in [4.78, 5) is 0. The van der Waals surface area contributed by atoms with E-state index in [0.717, 1.165) is 27.1 Å². The van der Waals surface area contributed by atoms with Crippen LogP contribution in [-0.2, 0) is 21.6 Å². The van der Waals surface area contributed by atoms with Gasteiger partial charge in [0.2, 0.25) is 0 Å². The molecular weight excluding hydrogens is 340 g/mol. The number of rotatable bonds is 2. The van der Waals surface area contributed by atoms with Crippen molar-refractivity contribution in [2.24, 2.45) is 0 Å². The third kappa shape index (κ3) is 2.61. The van der Waals surface area contributed by atoms with Gasteiger partial charge in [0.15, 0.2) is 0 Å². The van der Waals surface area contributed by atoms with E-state index in [0.29, 0.717) is 17.9 Å². The average molecular weight is 358 g/mol. The van der Waals surface area contributed by atoms with Crippen LogP contribution in [0, 0.1) is 0 Å². The minimum atomic E-state index is -1.27. The summed E-state index contributed by atoms with van der Waals surface area (Å²) < 4.78 is 24.2. The van der Waals surface area contributed by atoms with E-state index in [4.69, 9.17) is 0 Å². The summed E-state index contributed by atoms with van der Waals surface area (Å²) in [5, 5.41) is 15.0. The summed E-state index contributed by atoms with van der Waals surface area (Å²) in [7, 11) is -2.55. The smallest absolute Gasteiger partial charge is 0.140 e. The van der Waals surface area contributed by atoms with Gasteiger partial charge in [0, 0.05) is 33.1 Å². The molecule has 1 saturated heterocycles. The molecule has 124 valence electrons. The van der Waals surface area contributed by atoms with Gasteiger partial charge in [0.1, 0.15) is 10.7 Å². The van der Waals surface area contributed by atoms with E-state index < -0.39 is 32.3 Å². The molecule has 4 atom stereocenters. The first-order valence-electron chi connectivity index (χ1n) is 7.99. The maximum absolute atomic E-state index is 12.4. The van der Waals surface area contributed by atoms with E-state index in [1.807, 2.05) is 48.5 Å². The molecule has 0 aromatic heterocycles. The van der Waals surface area contributed by atoms with Crippen molar-refractivity contribution in [2.75, 3.05) is 11.5 Å². The molecular formula is C19H18O3S2. The molecule has 5 heteroatoms. The fourth-order valence-electron chi connectivity index (χ4n) is 3.49. The zero-order chi connectivity index (χ0) is 16.7. The molecule has 0 radical (unpaired) electrons. The van der Waals surface area contributed by atoms with Gasteiger partial charge < -0.3 is 5.11 Å². The molecule has 0 aliphatic carbocycles. The van der Waals surface area contributed by atoms with Crippen molar-refractivity contribution < 1.29 is 13.5 Å². The lowest BCUT2D eigenvalue weighted by atomic mass is 9.94. The summed E-state index contributed by atoms with van der Waals surface area (Å²) >= 11 is 0. The molecule has 1 fully saturated rings. The monoisotopic (exact) mass is 358 g/mol. The Morgan fingerprint density at radius 3 is 1.92 bits per heavy atom. The van der Waals surface area contributed by atoms with Gasteiger partial charge in [-0.3, -0.25) is 8.42 Å². The SMILES string of the molecule is O=[S@@]1CCC[S@](=O)C1[C@@H](O)c1c2ccccc2cc2ccccc12. The van der Waals surface area contributed by atoms with Crippen molar-refractivity contribution >= 4 is 43.1 Å². The molecule has 1 unspecified atom stereocenters. The molecule has 0 amide bonds. The first kappa shape index (κ1) is 15.9. The zero-order valence-electron chi connectivity index (χ0n) is 13.1. The van der Waals surface area contributed by atoms with Gasteiger partial charge in [-0.2, -0.15) is 0 Å². The van der Waals surface area contributed by atoms with E-state index >= 15 is 0 Å². The number of aliphatic hydroxyl groups excluding tert-OH is 1. The molecule has 1 aliphatic rings. The molecule has 3 nitrogen and oxygen atoms in total. The van der Waals surface area contributed by atoms with Crippen LogP contribution < -0.4 is 0 Å². The highest BCUT2D eigenvalue weighted by molar-refractivity contribution is 8.03. The Balaban J connectivity index is 1.99. The van der Waals surface area contributed by atoms with Gasteiger partial charge in [-0.15, -0.1) is 0 Å². The Bertz CT molecular complexity index is 897. The Kier molecular flexibility index (Phi) is 4.24. The number of benzene rings is 3. The van der Waals surface area contributed by atoms with E-state index in [9.17, 15) is 13.5 Å². The summed E-state index contributed by atoms with van der Waals surface area (Å²) in [5.41, 5.74) is 0.748. The second-order valence-corrected chi connectivity index (χ2v) is 9.72. The highest BCUT2D eigenvalue weighted by atomic mass is 32.2. The van der Waals surface area contributed by atoms with Crippen molar-refractivity contribution in [1.82, 2.24) is 0 Å². The van der Waals surface area contributed by atoms with E-state index in [1.165, 1.54) is 0 Å². The maximum atomic E-state index is 12.4. The second-order valence-electron chi connectivity index (χ2n) is 6.07. The number of fused-ring (bicyclic) bond motifs is 2. The molecule has 24 heavy (non-hydrogen) atoms. The third-order valence-electron chi connectivity index (χ3n) is 4.58. The molecule has 1 aliphatic heterocycles. The van der Waals surface area contributed by atoms with Gasteiger partial charge in [-0.25, -0.2) is 0 Å². The lowest BCUT2D eigenvalue weighted by Gasteiger charge is -2.27. The Labute approximate surface area is 145 Å². The first-order valence-corrected chi connectivity index (χ1v) is 10.8. The predicted molar refractivity (Wildman–Crippen MR) is 101 cm³/mol. The number of hydrogen-bond acceptors (Lipinski definition) is 3. The van der Waals surface area contributed by atoms with Crippen molar-refractivity contribution in [3.05, 3.63) is 60.2 Å². The van der Waals surface area contributed by atoms with Crippen molar-refractivity contribution in [1.29, 1.82) is 0 Å². The summed E-state index contributed by atoms with van der Waals surface area (Å²) in [6.45, 7) is 0. The van der Waals surface area contributed by atoms with Gasteiger partial charge >= 0.3 is 0 Å². The van der Waals surface area contributed by atoms with Crippen LogP contribution in [0.1, 0.15) is 18.1 Å². The van der Waals surface area contributed by atoms with Gasteiger partial charge in [0.05, 0.1) is 0 Å². The summed E-state index contributed by atoms with van der Waals surface area (Å²) in [6, 6.07) is 17.8. The standard InChI is InChI=1S/C19H18O3S2/c20-18(19-23(21)10-5-11-24(19)22)17-15-8-3-1-6-13(15)12-14-7-2-4-9-16(14)17/h1-4,6-9,12,18-20H,5,10-11H2/t18-,19?,23-,24+/m0/s1. The van der Waals surface area contributed by atoms with Crippen LogP contribution in [0.5, 0.6) is 0 Å². The zero-order valence-corrected chi connectivity index (χ0v) is 14.7. The third-order valence-corrected chi connectivity index (χ3v) is 8.80. The molecule has 4 rings (SSSR count). The molecule has 0 saturated carbocycles. The Morgan fingerprint density at radius 1 is 0.875 bits per heavy atom. The highest BCUT2D eigenvalue weighted by Gasteiger charge is 2.36. The number of hydrogen-bond donors (Lipinski definition) is 1. The van der Waals surface area contributed by atoms with Crippen molar-refractivity contribution in [2.45, 2.75) is 17.1 Å². The minimum Gasteiger partial charge on any atom is -0.386 e. The predicted octanol–water partition coefficient (Wildman–Crippen LogP) is 3.25. The summed E-state index contributed by atoms with van der Waals surface area (Å²) in [6.07, 6.45) is -0.304. The largest absolute Gasteiger partial charge is 0.386 e. The molecule has 3 aromatic carbocycles. The molecule has 1 heterocycles. The minimum absolute atomic E-state index is 0.510. The van der Waals surface area contributed by atoms with E-state index in [1.54, 1.807) is 0 Å². The maximum Gasteiger partial charge on any atom is 0.140 e. The average Bonchev–Trinajstić information content (AvgIpc) is 2.59. The van der Waals surface area contributed by atoms with Gasteiger partial charge in [0.25, 0.3) is 0 Å². The van der Waals surface area contributed by atoms with Gasteiger partial charge in [-0.1, -0.05) is 48.5 Å². The van der Waals surface area contributed by atoms with Crippen LogP contribution >= 0.6 is 0 Å². The van der Waals surface area contributed by atoms with Crippen LogP contribution in [-0.4, -0.2) is 29.6 Å². The van der Waals surface area contributed by atoms with Crippen LogP contribution in [0.25, 0.3) is 21.5 Å². The molecule has 3 aromatic rings. The fraction of sp³-hybridized carbons (Fsp3) is 0.263. The van der Waals surface area contributed by atoms with Crippen molar-refractivity contribution in [3.8, 4) is 0 Å². The van der Waals surface area contributed by atoms with Crippen LogP contribution in [0.2, 0.25) is 0 Å². The molecule has 0 spiro atoms. The van der Waals surface area contributed by atoms with Crippen LogP contribution in [0.4, 0.5) is 0 Å². The molecule has 0 bridgehead atoms. The van der Waals surface area contributed by atoms with E-state index in [2.05, 4.69) is 6.07 Å². The Morgan fingerprint density at radius 2 is 1.38 bits per heavy atom. The summed E-state index contributed by atoms with van der Waals surface area (Å²) in [5.74, 6) is 1.02. The lowest BCUT2D eigenvalue weighted by Crippen LogP contribution is -2.36. The second kappa shape index (κ2) is 6.39. The van der Waals surface area contributed by atoms with Gasteiger partial charge in [-0.05, 0) is 39.6 Å². The molecule has 1 N–H and O–H groups in total.